The number of nitrogens with one attached hydrogen (secondary N) is 1. The maximum atomic E-state index is 11.6. The fourth-order valence-electron chi connectivity index (χ4n) is 2.45. The van der Waals surface area contributed by atoms with Crippen molar-refractivity contribution >= 4 is 12.1 Å². The van der Waals surface area contributed by atoms with Gasteiger partial charge in [-0.3, -0.25) is 4.79 Å². The molecule has 0 heterocycles. The summed E-state index contributed by atoms with van der Waals surface area (Å²) in [7, 11) is 0. The van der Waals surface area contributed by atoms with Crippen LogP contribution in [0, 0.1) is 0 Å². The zero-order valence-electron chi connectivity index (χ0n) is 14.6. The molecular formula is C19H30N2O3. The molecule has 5 nitrogen and oxygen atoms in total. The molecule has 0 aliphatic heterocycles. The summed E-state index contributed by atoms with van der Waals surface area (Å²) in [5.74, 6) is -0.487. The molecule has 0 aromatic heterocycles. The topological polar surface area (TPSA) is 81.9 Å². The van der Waals surface area contributed by atoms with Crippen LogP contribution in [0.1, 0.15) is 76.7 Å². The smallest absolute Gasteiger partial charge is 0.240 e. The molecule has 0 aliphatic carbocycles. The Morgan fingerprint density at radius 2 is 1.62 bits per heavy atom. The van der Waals surface area contributed by atoms with E-state index in [2.05, 4.69) is 17.5 Å². The fourth-order valence-corrected chi connectivity index (χ4v) is 2.45. The summed E-state index contributed by atoms with van der Waals surface area (Å²) in [5.41, 5.74) is 3.08. The van der Waals surface area contributed by atoms with Crippen LogP contribution in [-0.4, -0.2) is 22.3 Å². The fraction of sp³-hybridized carbons (Fsp3) is 0.579. The lowest BCUT2D eigenvalue weighted by Gasteiger charge is -2.02. The molecule has 0 atom stereocenters. The van der Waals surface area contributed by atoms with E-state index in [1.807, 2.05) is 0 Å². The molecule has 0 saturated heterocycles. The first-order valence-electron chi connectivity index (χ1n) is 8.97. The number of carbonyl (C=O) groups excluding carboxylic acids is 1. The zero-order chi connectivity index (χ0) is 17.6. The van der Waals surface area contributed by atoms with Crippen molar-refractivity contribution in [3.05, 3.63) is 23.8 Å². The van der Waals surface area contributed by atoms with E-state index in [0.717, 1.165) is 12.8 Å². The lowest BCUT2D eigenvalue weighted by molar-refractivity contribution is -0.121. The molecule has 0 unspecified atom stereocenters. The quantitative estimate of drug-likeness (QED) is 0.228. The van der Waals surface area contributed by atoms with E-state index in [9.17, 15) is 15.0 Å². The zero-order valence-corrected chi connectivity index (χ0v) is 14.6. The van der Waals surface area contributed by atoms with Crippen LogP contribution in [0.2, 0.25) is 0 Å². The average molecular weight is 334 g/mol. The van der Waals surface area contributed by atoms with E-state index in [-0.39, 0.29) is 17.4 Å². The second-order valence-corrected chi connectivity index (χ2v) is 6.12. The SMILES string of the molecule is CCCCCCCCCCCC(=O)N/N=C/c1ccc(O)c(O)c1. The first-order valence-corrected chi connectivity index (χ1v) is 8.97. The lowest BCUT2D eigenvalue weighted by atomic mass is 10.1. The molecule has 0 bridgehead atoms. The third kappa shape index (κ3) is 9.18. The van der Waals surface area contributed by atoms with Gasteiger partial charge in [0.05, 0.1) is 6.21 Å². The van der Waals surface area contributed by atoms with Gasteiger partial charge in [-0.1, -0.05) is 58.3 Å². The summed E-state index contributed by atoms with van der Waals surface area (Å²) in [6.45, 7) is 2.23. The van der Waals surface area contributed by atoms with Gasteiger partial charge in [-0.25, -0.2) is 5.43 Å². The molecule has 24 heavy (non-hydrogen) atoms. The third-order valence-corrected chi connectivity index (χ3v) is 3.91. The van der Waals surface area contributed by atoms with Crippen LogP contribution in [0.4, 0.5) is 0 Å². The highest BCUT2D eigenvalue weighted by molar-refractivity contribution is 5.83. The maximum Gasteiger partial charge on any atom is 0.240 e. The molecule has 134 valence electrons. The highest BCUT2D eigenvalue weighted by atomic mass is 16.3. The van der Waals surface area contributed by atoms with E-state index >= 15 is 0 Å². The van der Waals surface area contributed by atoms with Crippen molar-refractivity contribution < 1.29 is 15.0 Å². The molecule has 0 saturated carbocycles. The monoisotopic (exact) mass is 334 g/mol. The molecule has 3 N–H and O–H groups in total. The van der Waals surface area contributed by atoms with E-state index in [0.29, 0.717) is 12.0 Å². The summed E-state index contributed by atoms with van der Waals surface area (Å²) in [6, 6.07) is 4.36. The summed E-state index contributed by atoms with van der Waals surface area (Å²) in [4.78, 5) is 11.6. The number of hydrogen-bond acceptors (Lipinski definition) is 4. The Kier molecular flexibility index (Phi) is 10.3. The minimum atomic E-state index is -0.208. The average Bonchev–Trinajstić information content (AvgIpc) is 2.56. The van der Waals surface area contributed by atoms with Crippen molar-refractivity contribution in [2.45, 2.75) is 71.1 Å². The van der Waals surface area contributed by atoms with Crippen LogP contribution < -0.4 is 5.43 Å². The second kappa shape index (κ2) is 12.4. The van der Waals surface area contributed by atoms with E-state index in [4.69, 9.17) is 0 Å². The number of carbonyl (C=O) groups is 1. The Bertz CT molecular complexity index is 515. The molecule has 1 amide bonds. The van der Waals surface area contributed by atoms with Crippen LogP contribution in [0.15, 0.2) is 23.3 Å². The minimum absolute atomic E-state index is 0.0998. The van der Waals surface area contributed by atoms with Gasteiger partial charge in [-0.15, -0.1) is 0 Å². The van der Waals surface area contributed by atoms with E-state index < -0.39 is 0 Å². The molecule has 1 rings (SSSR count). The highest BCUT2D eigenvalue weighted by Crippen LogP contribution is 2.23. The molecule has 5 heteroatoms. The lowest BCUT2D eigenvalue weighted by Crippen LogP contribution is -2.16. The summed E-state index contributed by atoms with van der Waals surface area (Å²) >= 11 is 0. The number of unbranched alkanes of at least 4 members (excludes halogenated alkanes) is 8. The van der Waals surface area contributed by atoms with Crippen LogP contribution in [-0.2, 0) is 4.79 Å². The van der Waals surface area contributed by atoms with Gasteiger partial charge in [0.15, 0.2) is 11.5 Å². The van der Waals surface area contributed by atoms with Crippen molar-refractivity contribution in [2.75, 3.05) is 0 Å². The predicted molar refractivity (Wildman–Crippen MR) is 97.4 cm³/mol. The Morgan fingerprint density at radius 3 is 2.25 bits per heavy atom. The Morgan fingerprint density at radius 1 is 1.00 bits per heavy atom. The second-order valence-electron chi connectivity index (χ2n) is 6.12. The van der Waals surface area contributed by atoms with Gasteiger partial charge in [0, 0.05) is 6.42 Å². The van der Waals surface area contributed by atoms with Crippen molar-refractivity contribution in [1.82, 2.24) is 5.43 Å². The van der Waals surface area contributed by atoms with Gasteiger partial charge in [-0.2, -0.15) is 5.10 Å². The van der Waals surface area contributed by atoms with Gasteiger partial charge < -0.3 is 10.2 Å². The van der Waals surface area contributed by atoms with Gasteiger partial charge in [0.2, 0.25) is 5.91 Å². The van der Waals surface area contributed by atoms with E-state index in [1.165, 1.54) is 63.3 Å². The normalized spacial score (nSPS) is 11.0. The maximum absolute atomic E-state index is 11.6. The molecule has 1 aromatic rings. The Hall–Kier alpha value is -2.04. The van der Waals surface area contributed by atoms with Crippen LogP contribution in [0.3, 0.4) is 0 Å². The third-order valence-electron chi connectivity index (χ3n) is 3.91. The number of benzene rings is 1. The van der Waals surface area contributed by atoms with Crippen molar-refractivity contribution in [3.63, 3.8) is 0 Å². The first-order chi connectivity index (χ1) is 11.6. The predicted octanol–water partition coefficient (Wildman–Crippen LogP) is 4.47. The molecule has 0 fully saturated rings. The first kappa shape index (κ1) is 20.0. The number of phenolic OH excluding ortho intramolecular Hbond substituents is 2. The summed E-state index contributed by atoms with van der Waals surface area (Å²) in [6.07, 6.45) is 12.9. The summed E-state index contributed by atoms with van der Waals surface area (Å²) in [5, 5.41) is 22.4. The molecule has 0 radical (unpaired) electrons. The number of aromatic hydroxyl groups is 2. The molecule has 1 aromatic carbocycles. The van der Waals surface area contributed by atoms with Crippen molar-refractivity contribution in [1.29, 1.82) is 0 Å². The van der Waals surface area contributed by atoms with Crippen LogP contribution >= 0.6 is 0 Å². The van der Waals surface area contributed by atoms with Gasteiger partial charge in [-0.05, 0) is 30.2 Å². The van der Waals surface area contributed by atoms with Crippen molar-refractivity contribution in [3.8, 4) is 11.5 Å². The molecule has 0 aliphatic rings. The van der Waals surface area contributed by atoms with Crippen LogP contribution in [0.25, 0.3) is 0 Å². The largest absolute Gasteiger partial charge is 0.504 e. The van der Waals surface area contributed by atoms with Crippen molar-refractivity contribution in [2.24, 2.45) is 5.10 Å². The van der Waals surface area contributed by atoms with Crippen LogP contribution in [0.5, 0.6) is 11.5 Å². The number of amides is 1. The number of rotatable bonds is 12. The Balaban J connectivity index is 2.05. The number of hydrogen-bond donors (Lipinski definition) is 3. The summed E-state index contributed by atoms with van der Waals surface area (Å²) < 4.78 is 0. The Labute approximate surface area is 144 Å². The standard InChI is InChI=1S/C19H30N2O3/c1-2-3-4-5-6-7-8-9-10-11-19(24)21-20-15-16-12-13-17(22)18(23)14-16/h12-15,22-23H,2-11H2,1H3,(H,21,24)/b20-15+. The highest BCUT2D eigenvalue weighted by Gasteiger charge is 2.01. The molecule has 0 spiro atoms. The minimum Gasteiger partial charge on any atom is -0.504 e. The molecular weight excluding hydrogens is 304 g/mol. The number of hydrazone groups is 1. The van der Waals surface area contributed by atoms with Gasteiger partial charge in [0.1, 0.15) is 0 Å². The van der Waals surface area contributed by atoms with Gasteiger partial charge in [0.25, 0.3) is 0 Å². The van der Waals surface area contributed by atoms with Gasteiger partial charge >= 0.3 is 0 Å². The van der Waals surface area contributed by atoms with E-state index in [1.54, 1.807) is 6.07 Å². The number of nitrogens with zero attached hydrogens (tertiary/aromatic N) is 1. The number of phenols is 2.